The molecular weight excluding hydrogens is 204 g/mol. The van der Waals surface area contributed by atoms with Crippen molar-refractivity contribution in [3.05, 3.63) is 33.8 Å². The lowest BCUT2D eigenvalue weighted by molar-refractivity contribution is 0.507. The second-order valence-electron chi connectivity index (χ2n) is 2.92. The van der Waals surface area contributed by atoms with Gasteiger partial charge < -0.3 is 10.2 Å². The Kier molecular flexibility index (Phi) is 2.31. The van der Waals surface area contributed by atoms with E-state index in [9.17, 15) is 4.79 Å². The summed E-state index contributed by atoms with van der Waals surface area (Å²) in [5.41, 5.74) is 6.61. The molecule has 0 unspecified atom stereocenters. The molecule has 1 aromatic carbocycles. The average Bonchev–Trinajstić information content (AvgIpc) is 2.45. The Morgan fingerprint density at radius 2 is 2.29 bits per heavy atom. The van der Waals surface area contributed by atoms with E-state index in [2.05, 4.69) is 0 Å². The maximum atomic E-state index is 11.3. The molecule has 0 atom stereocenters. The third kappa shape index (κ3) is 1.42. The molecule has 14 heavy (non-hydrogen) atoms. The van der Waals surface area contributed by atoms with E-state index in [1.54, 1.807) is 18.2 Å². The van der Waals surface area contributed by atoms with Crippen LogP contribution in [0.1, 0.15) is 0 Å². The fourth-order valence-electron chi connectivity index (χ4n) is 1.38. The molecule has 0 bridgehead atoms. The van der Waals surface area contributed by atoms with Crippen molar-refractivity contribution in [1.29, 1.82) is 0 Å². The Morgan fingerprint density at radius 3 is 3.00 bits per heavy atom. The van der Waals surface area contributed by atoms with Crippen molar-refractivity contribution in [3.63, 3.8) is 0 Å². The van der Waals surface area contributed by atoms with Gasteiger partial charge in [-0.25, -0.2) is 4.79 Å². The van der Waals surface area contributed by atoms with E-state index in [-0.39, 0.29) is 0 Å². The highest BCUT2D eigenvalue weighted by Crippen LogP contribution is 2.17. The van der Waals surface area contributed by atoms with Crippen molar-refractivity contribution in [1.82, 2.24) is 4.57 Å². The number of nitrogens with two attached hydrogens (primary N) is 1. The Balaban J connectivity index is 2.73. The molecular formula is C9H9ClN2O2. The topological polar surface area (TPSA) is 61.2 Å². The van der Waals surface area contributed by atoms with Gasteiger partial charge in [0.25, 0.3) is 0 Å². The minimum Gasteiger partial charge on any atom is -0.408 e. The fraction of sp³-hybridized carbons (Fsp3) is 0.222. The Hall–Kier alpha value is -1.26. The zero-order chi connectivity index (χ0) is 10.1. The number of fused-ring (bicyclic) bond motifs is 1. The number of rotatable bonds is 2. The standard InChI is InChI=1S/C9H9ClN2O2/c10-6-1-2-8-7(5-6)12(4-3-11)9(13)14-8/h1-2,5H,3-4,11H2. The van der Waals surface area contributed by atoms with Gasteiger partial charge in [0.15, 0.2) is 5.58 Å². The highest BCUT2D eigenvalue weighted by atomic mass is 35.5. The van der Waals surface area contributed by atoms with Gasteiger partial charge in [0, 0.05) is 18.1 Å². The zero-order valence-corrected chi connectivity index (χ0v) is 8.12. The second kappa shape index (κ2) is 3.48. The van der Waals surface area contributed by atoms with Crippen LogP contribution >= 0.6 is 11.6 Å². The van der Waals surface area contributed by atoms with E-state index in [0.29, 0.717) is 29.2 Å². The Morgan fingerprint density at radius 1 is 1.50 bits per heavy atom. The molecule has 0 aliphatic heterocycles. The maximum absolute atomic E-state index is 11.3. The van der Waals surface area contributed by atoms with Crippen molar-refractivity contribution >= 4 is 22.7 Å². The van der Waals surface area contributed by atoms with Crippen LogP contribution in [0.4, 0.5) is 0 Å². The summed E-state index contributed by atoms with van der Waals surface area (Å²) in [7, 11) is 0. The van der Waals surface area contributed by atoms with Crippen LogP contribution in [0.3, 0.4) is 0 Å². The molecule has 0 spiro atoms. The first kappa shape index (κ1) is 9.30. The van der Waals surface area contributed by atoms with Gasteiger partial charge >= 0.3 is 5.76 Å². The van der Waals surface area contributed by atoms with Gasteiger partial charge in [-0.3, -0.25) is 4.57 Å². The molecule has 2 aromatic rings. The predicted molar refractivity (Wildman–Crippen MR) is 54.5 cm³/mol. The van der Waals surface area contributed by atoms with Gasteiger partial charge in [-0.15, -0.1) is 0 Å². The van der Waals surface area contributed by atoms with Gasteiger partial charge in [0.2, 0.25) is 0 Å². The molecule has 0 fully saturated rings. The number of oxazole rings is 1. The minimum absolute atomic E-state index is 0.390. The van der Waals surface area contributed by atoms with Crippen LogP contribution < -0.4 is 11.5 Å². The number of hydrogen-bond donors (Lipinski definition) is 1. The number of benzene rings is 1. The average molecular weight is 213 g/mol. The van der Waals surface area contributed by atoms with E-state index >= 15 is 0 Å². The van der Waals surface area contributed by atoms with Crippen LogP contribution in [-0.2, 0) is 6.54 Å². The first-order valence-electron chi connectivity index (χ1n) is 4.21. The first-order valence-corrected chi connectivity index (χ1v) is 4.59. The molecule has 0 saturated heterocycles. The lowest BCUT2D eigenvalue weighted by Gasteiger charge is -1.97. The molecule has 0 aliphatic carbocycles. The van der Waals surface area contributed by atoms with Crippen molar-refractivity contribution in [2.45, 2.75) is 6.54 Å². The summed E-state index contributed by atoms with van der Waals surface area (Å²) in [6, 6.07) is 5.04. The molecule has 1 aromatic heterocycles. The van der Waals surface area contributed by atoms with Crippen LogP contribution in [-0.4, -0.2) is 11.1 Å². The van der Waals surface area contributed by atoms with Crippen molar-refractivity contribution in [2.24, 2.45) is 5.73 Å². The van der Waals surface area contributed by atoms with Crippen LogP contribution in [0.5, 0.6) is 0 Å². The van der Waals surface area contributed by atoms with Gasteiger partial charge in [-0.1, -0.05) is 11.6 Å². The van der Waals surface area contributed by atoms with Crippen molar-refractivity contribution in [3.8, 4) is 0 Å². The first-order chi connectivity index (χ1) is 6.72. The zero-order valence-electron chi connectivity index (χ0n) is 7.37. The van der Waals surface area contributed by atoms with Gasteiger partial charge in [0.1, 0.15) is 0 Å². The second-order valence-corrected chi connectivity index (χ2v) is 3.36. The summed E-state index contributed by atoms with van der Waals surface area (Å²) < 4.78 is 6.47. The Bertz CT molecular complexity index is 515. The molecule has 0 radical (unpaired) electrons. The van der Waals surface area contributed by atoms with E-state index < -0.39 is 5.76 Å². The van der Waals surface area contributed by atoms with Gasteiger partial charge in [-0.2, -0.15) is 0 Å². The van der Waals surface area contributed by atoms with Crippen LogP contribution in [0.15, 0.2) is 27.4 Å². The molecule has 0 saturated carbocycles. The number of hydrogen-bond acceptors (Lipinski definition) is 3. The number of aromatic nitrogens is 1. The lowest BCUT2D eigenvalue weighted by Crippen LogP contribution is -2.19. The van der Waals surface area contributed by atoms with Gasteiger partial charge in [-0.05, 0) is 18.2 Å². The van der Waals surface area contributed by atoms with Crippen LogP contribution in [0, 0.1) is 0 Å². The molecule has 5 heteroatoms. The van der Waals surface area contributed by atoms with E-state index in [1.807, 2.05) is 0 Å². The fourth-order valence-corrected chi connectivity index (χ4v) is 1.54. The smallest absolute Gasteiger partial charge is 0.408 e. The number of nitrogens with zero attached hydrogens (tertiary/aromatic N) is 1. The van der Waals surface area contributed by atoms with E-state index in [0.717, 1.165) is 0 Å². The highest BCUT2D eigenvalue weighted by Gasteiger charge is 2.07. The van der Waals surface area contributed by atoms with Crippen molar-refractivity contribution in [2.75, 3.05) is 6.54 Å². The highest BCUT2D eigenvalue weighted by molar-refractivity contribution is 6.31. The molecule has 2 rings (SSSR count). The summed E-state index contributed by atoms with van der Waals surface area (Å²) in [5, 5.41) is 0.573. The molecule has 1 heterocycles. The minimum atomic E-state index is -0.396. The summed E-state index contributed by atoms with van der Waals surface area (Å²) >= 11 is 5.81. The number of halogens is 1. The lowest BCUT2D eigenvalue weighted by atomic mass is 10.3. The molecule has 0 aliphatic rings. The molecule has 4 nitrogen and oxygen atoms in total. The largest absolute Gasteiger partial charge is 0.419 e. The quantitative estimate of drug-likeness (QED) is 0.814. The molecule has 74 valence electrons. The third-order valence-electron chi connectivity index (χ3n) is 1.98. The van der Waals surface area contributed by atoms with E-state index in [4.69, 9.17) is 21.8 Å². The third-order valence-corrected chi connectivity index (χ3v) is 2.22. The monoisotopic (exact) mass is 212 g/mol. The van der Waals surface area contributed by atoms with Gasteiger partial charge in [0.05, 0.1) is 5.52 Å². The maximum Gasteiger partial charge on any atom is 0.419 e. The summed E-state index contributed by atoms with van der Waals surface area (Å²) in [6.45, 7) is 0.827. The normalized spacial score (nSPS) is 11.0. The molecule has 0 amide bonds. The SMILES string of the molecule is NCCn1c(=O)oc2ccc(Cl)cc21. The van der Waals surface area contributed by atoms with Crippen LogP contribution in [0.25, 0.3) is 11.1 Å². The van der Waals surface area contributed by atoms with E-state index in [1.165, 1.54) is 4.57 Å². The summed E-state index contributed by atoms with van der Waals surface area (Å²) in [4.78, 5) is 11.3. The summed E-state index contributed by atoms with van der Waals surface area (Å²) in [5.74, 6) is -0.396. The van der Waals surface area contributed by atoms with Crippen LogP contribution in [0.2, 0.25) is 5.02 Å². The predicted octanol–water partition coefficient (Wildman–Crippen LogP) is 1.21. The summed E-state index contributed by atoms with van der Waals surface area (Å²) in [6.07, 6.45) is 0. The molecule has 2 N–H and O–H groups in total. The van der Waals surface area contributed by atoms with Crippen molar-refractivity contribution < 1.29 is 4.42 Å². The Labute approximate surface area is 84.9 Å².